The van der Waals surface area contributed by atoms with Crippen molar-refractivity contribution in [3.05, 3.63) is 24.3 Å². The molecule has 1 amide bonds. The van der Waals surface area contributed by atoms with E-state index in [4.69, 9.17) is 4.74 Å². The van der Waals surface area contributed by atoms with Gasteiger partial charge in [-0.25, -0.2) is 0 Å². The van der Waals surface area contributed by atoms with Crippen LogP contribution in [0, 0.1) is 0 Å². The van der Waals surface area contributed by atoms with Crippen LogP contribution >= 0.6 is 0 Å². The summed E-state index contributed by atoms with van der Waals surface area (Å²) in [7, 11) is 0. The van der Waals surface area contributed by atoms with E-state index >= 15 is 0 Å². The fraction of sp³-hybridized carbons (Fsp3) is 0.902. The number of ether oxygens (including phenoxy) is 1. The molecule has 0 rings (SSSR count). The Labute approximate surface area is 418 Å². The quantitative estimate of drug-likeness (QED) is 0.0321. The summed E-state index contributed by atoms with van der Waals surface area (Å²) in [5.41, 5.74) is 0. The Morgan fingerprint density at radius 3 is 1.16 bits per heavy atom. The molecule has 0 radical (unpaired) electrons. The Morgan fingerprint density at radius 2 is 0.746 bits per heavy atom. The zero-order valence-electron chi connectivity index (χ0n) is 45.1. The van der Waals surface area contributed by atoms with E-state index in [1.54, 1.807) is 0 Å². The maximum atomic E-state index is 12.5. The number of hydrogen-bond donors (Lipinski definition) is 3. The van der Waals surface area contributed by atoms with E-state index in [0.717, 1.165) is 51.4 Å². The predicted octanol–water partition coefficient (Wildman–Crippen LogP) is 18.6. The number of aliphatic hydroxyl groups is 2. The fourth-order valence-electron chi connectivity index (χ4n) is 9.38. The predicted molar refractivity (Wildman–Crippen MR) is 292 cm³/mol. The second-order valence-corrected chi connectivity index (χ2v) is 20.7. The molecule has 2 unspecified atom stereocenters. The molecule has 0 aromatic carbocycles. The van der Waals surface area contributed by atoms with Gasteiger partial charge in [0.25, 0.3) is 0 Å². The maximum absolute atomic E-state index is 12.5. The number of hydrogen-bond acceptors (Lipinski definition) is 5. The van der Waals surface area contributed by atoms with Gasteiger partial charge in [-0.2, -0.15) is 0 Å². The van der Waals surface area contributed by atoms with Crippen LogP contribution in [0.25, 0.3) is 0 Å². The van der Waals surface area contributed by atoms with Gasteiger partial charge in [-0.15, -0.1) is 0 Å². The molecule has 396 valence electrons. The van der Waals surface area contributed by atoms with Crippen LogP contribution in [-0.4, -0.2) is 47.4 Å². The van der Waals surface area contributed by atoms with Crippen molar-refractivity contribution in [3.8, 4) is 0 Å². The van der Waals surface area contributed by atoms with Gasteiger partial charge >= 0.3 is 5.97 Å². The smallest absolute Gasteiger partial charge is 0.305 e. The van der Waals surface area contributed by atoms with E-state index in [-0.39, 0.29) is 18.5 Å². The normalized spacial score (nSPS) is 12.7. The van der Waals surface area contributed by atoms with Crippen LogP contribution in [0.1, 0.15) is 328 Å². The minimum Gasteiger partial charge on any atom is -0.466 e. The van der Waals surface area contributed by atoms with Crippen LogP contribution in [0.5, 0.6) is 0 Å². The number of amides is 1. The summed E-state index contributed by atoms with van der Waals surface area (Å²) in [4.78, 5) is 24.5. The molecule has 0 aromatic rings. The number of esters is 1. The molecule has 0 aliphatic heterocycles. The molecule has 0 heterocycles. The lowest BCUT2D eigenvalue weighted by atomic mass is 10.0. The van der Waals surface area contributed by atoms with E-state index in [9.17, 15) is 19.8 Å². The third-order valence-corrected chi connectivity index (χ3v) is 14.0. The summed E-state index contributed by atoms with van der Waals surface area (Å²) >= 11 is 0. The summed E-state index contributed by atoms with van der Waals surface area (Å²) in [6, 6.07) is -0.543. The summed E-state index contributed by atoms with van der Waals surface area (Å²) in [6.07, 6.45) is 68.9. The molecule has 67 heavy (non-hydrogen) atoms. The standard InChI is InChI=1S/C61H117NO5/c1-3-5-7-9-11-13-15-17-25-29-33-37-41-45-49-53-59(64)58(57-63)62-60(65)54-50-46-42-38-34-30-27-23-21-19-20-22-24-28-32-36-40-44-48-52-56-67-61(66)55-51-47-43-39-35-31-26-18-16-14-12-10-8-6-4-2/h12,14,18,26,58-59,63-64H,3-11,13,15-17,19-25,27-57H2,1-2H3,(H,62,65)/b14-12-,26-18-. The molecule has 0 saturated heterocycles. The second kappa shape index (κ2) is 56.9. The van der Waals surface area contributed by atoms with Crippen LogP contribution in [0.2, 0.25) is 0 Å². The lowest BCUT2D eigenvalue weighted by Crippen LogP contribution is -2.45. The topological polar surface area (TPSA) is 95.9 Å². The highest BCUT2D eigenvalue weighted by Gasteiger charge is 2.20. The first-order valence-corrected chi connectivity index (χ1v) is 30.1. The zero-order chi connectivity index (χ0) is 48.6. The maximum Gasteiger partial charge on any atom is 0.305 e. The van der Waals surface area contributed by atoms with E-state index in [1.165, 1.54) is 244 Å². The van der Waals surface area contributed by atoms with Gasteiger partial charge in [-0.1, -0.05) is 282 Å². The van der Waals surface area contributed by atoms with Crippen LogP contribution in [0.4, 0.5) is 0 Å². The van der Waals surface area contributed by atoms with E-state index in [2.05, 4.69) is 43.5 Å². The molecule has 0 bridgehead atoms. The summed E-state index contributed by atoms with van der Waals surface area (Å²) in [6.45, 7) is 4.93. The van der Waals surface area contributed by atoms with Crippen molar-refractivity contribution in [3.63, 3.8) is 0 Å². The first-order valence-electron chi connectivity index (χ1n) is 30.1. The second-order valence-electron chi connectivity index (χ2n) is 20.7. The largest absolute Gasteiger partial charge is 0.466 e. The van der Waals surface area contributed by atoms with Crippen LogP contribution < -0.4 is 5.32 Å². The van der Waals surface area contributed by atoms with Crippen molar-refractivity contribution in [1.82, 2.24) is 5.32 Å². The van der Waals surface area contributed by atoms with Gasteiger partial charge in [0.1, 0.15) is 0 Å². The zero-order valence-corrected chi connectivity index (χ0v) is 45.1. The molecule has 0 spiro atoms. The Balaban J connectivity index is 3.39. The number of aliphatic hydroxyl groups excluding tert-OH is 2. The van der Waals surface area contributed by atoms with Gasteiger partial charge in [0.05, 0.1) is 25.4 Å². The minimum absolute atomic E-state index is 0.00304. The molecule has 6 nitrogen and oxygen atoms in total. The summed E-state index contributed by atoms with van der Waals surface area (Å²) < 4.78 is 5.47. The number of unbranched alkanes of at least 4 members (excludes halogenated alkanes) is 41. The molecular weight excluding hydrogens is 827 g/mol. The highest BCUT2D eigenvalue weighted by molar-refractivity contribution is 5.76. The van der Waals surface area contributed by atoms with Gasteiger partial charge < -0.3 is 20.3 Å². The number of allylic oxidation sites excluding steroid dienone is 4. The van der Waals surface area contributed by atoms with Crippen molar-refractivity contribution in [1.29, 1.82) is 0 Å². The highest BCUT2D eigenvalue weighted by Crippen LogP contribution is 2.18. The number of carbonyl (C=O) groups excluding carboxylic acids is 2. The third-order valence-electron chi connectivity index (χ3n) is 14.0. The minimum atomic E-state index is -0.665. The van der Waals surface area contributed by atoms with Crippen molar-refractivity contribution in [2.75, 3.05) is 13.2 Å². The third kappa shape index (κ3) is 53.5. The molecule has 0 aliphatic carbocycles. The van der Waals surface area contributed by atoms with Gasteiger partial charge in [0.2, 0.25) is 5.91 Å². The lowest BCUT2D eigenvalue weighted by molar-refractivity contribution is -0.143. The molecule has 2 atom stereocenters. The average Bonchev–Trinajstić information content (AvgIpc) is 3.33. The molecule has 3 N–H and O–H groups in total. The molecule has 0 fully saturated rings. The van der Waals surface area contributed by atoms with Gasteiger partial charge in [-0.05, 0) is 57.8 Å². The molecular formula is C61H117NO5. The number of carbonyl (C=O) groups is 2. The summed E-state index contributed by atoms with van der Waals surface area (Å²) in [5.74, 6) is -0.0384. The molecule has 0 aliphatic rings. The number of rotatable bonds is 56. The highest BCUT2D eigenvalue weighted by atomic mass is 16.5. The average molecular weight is 945 g/mol. The van der Waals surface area contributed by atoms with E-state index in [0.29, 0.717) is 25.9 Å². The van der Waals surface area contributed by atoms with Crippen molar-refractivity contribution >= 4 is 11.9 Å². The monoisotopic (exact) mass is 944 g/mol. The van der Waals surface area contributed by atoms with Crippen molar-refractivity contribution < 1.29 is 24.5 Å². The van der Waals surface area contributed by atoms with Crippen LogP contribution in [0.3, 0.4) is 0 Å². The van der Waals surface area contributed by atoms with Gasteiger partial charge in [-0.3, -0.25) is 9.59 Å². The van der Waals surface area contributed by atoms with Crippen LogP contribution in [0.15, 0.2) is 24.3 Å². The van der Waals surface area contributed by atoms with Gasteiger partial charge in [0, 0.05) is 12.8 Å². The Hall–Kier alpha value is -1.66. The number of nitrogens with one attached hydrogen (secondary N) is 1. The SMILES string of the molecule is CCCCC/C=C\C/C=C\CCCCCCCC(=O)OCCCCCCCCCCCCCCCCCCCCCCC(=O)NC(CO)C(O)CCCCCCCCCCCCCCCCC. The first-order chi connectivity index (χ1) is 33.0. The molecule has 0 saturated carbocycles. The first kappa shape index (κ1) is 65.3. The Kier molecular flexibility index (Phi) is 55.5. The van der Waals surface area contributed by atoms with Crippen LogP contribution in [-0.2, 0) is 14.3 Å². The lowest BCUT2D eigenvalue weighted by Gasteiger charge is -2.22. The molecule has 6 heteroatoms. The van der Waals surface area contributed by atoms with Crippen molar-refractivity contribution in [2.45, 2.75) is 341 Å². The van der Waals surface area contributed by atoms with E-state index in [1.807, 2.05) is 0 Å². The molecule has 0 aromatic heterocycles. The van der Waals surface area contributed by atoms with E-state index < -0.39 is 12.1 Å². The summed E-state index contributed by atoms with van der Waals surface area (Å²) in [5, 5.41) is 23.3. The Bertz CT molecular complexity index is 1040. The fourth-order valence-corrected chi connectivity index (χ4v) is 9.38. The Morgan fingerprint density at radius 1 is 0.418 bits per heavy atom. The van der Waals surface area contributed by atoms with Crippen molar-refractivity contribution in [2.24, 2.45) is 0 Å². The van der Waals surface area contributed by atoms with Gasteiger partial charge in [0.15, 0.2) is 0 Å².